The molecule has 88 valence electrons. The van der Waals surface area contributed by atoms with Crippen LogP contribution in [0.4, 0.5) is 0 Å². The van der Waals surface area contributed by atoms with E-state index in [1.165, 1.54) is 0 Å². The molecule has 0 amide bonds. The molecule has 0 saturated heterocycles. The highest BCUT2D eigenvalue weighted by Gasteiger charge is 2.11. The fourth-order valence-corrected chi connectivity index (χ4v) is 1.68. The number of esters is 1. The zero-order valence-electron chi connectivity index (χ0n) is 9.61. The summed E-state index contributed by atoms with van der Waals surface area (Å²) in [5, 5.41) is 2.47. The molecule has 2 rings (SSSR count). The lowest BCUT2D eigenvalue weighted by molar-refractivity contribution is 0.0371. The van der Waals surface area contributed by atoms with Crippen LogP contribution in [0.2, 0.25) is 5.02 Å². The molecule has 0 spiro atoms. The average molecular weight is 250 g/mol. The van der Waals surface area contributed by atoms with Gasteiger partial charge in [0.05, 0.1) is 6.10 Å². The normalized spacial score (nSPS) is 10.8. The lowest BCUT2D eigenvalue weighted by atomic mass is 10.1. The van der Waals surface area contributed by atoms with Crippen molar-refractivity contribution in [3.63, 3.8) is 0 Å². The van der Waals surface area contributed by atoms with Gasteiger partial charge in [0.25, 0.3) is 0 Å². The predicted molar refractivity (Wildman–Crippen MR) is 67.3 cm³/mol. The van der Waals surface area contributed by atoms with E-state index in [2.05, 4.69) is 4.98 Å². The van der Waals surface area contributed by atoms with Crippen molar-refractivity contribution in [1.82, 2.24) is 4.98 Å². The maximum atomic E-state index is 11.7. The quantitative estimate of drug-likeness (QED) is 0.766. The summed E-state index contributed by atoms with van der Waals surface area (Å²) in [7, 11) is 0. The van der Waals surface area contributed by atoms with Gasteiger partial charge < -0.3 is 4.74 Å². The first-order valence-electron chi connectivity index (χ1n) is 5.32. The first-order valence-corrected chi connectivity index (χ1v) is 5.70. The van der Waals surface area contributed by atoms with E-state index in [1.807, 2.05) is 6.07 Å². The van der Waals surface area contributed by atoms with Crippen LogP contribution in [0.3, 0.4) is 0 Å². The van der Waals surface area contributed by atoms with Crippen LogP contribution in [0, 0.1) is 0 Å². The molecular formula is C13H12ClNO2. The van der Waals surface area contributed by atoms with Crippen molar-refractivity contribution in [3.05, 3.63) is 41.2 Å². The SMILES string of the molecule is CC(C)OC(=O)c1cc2ccc(Cl)cc2cn1. The molecular weight excluding hydrogens is 238 g/mol. The molecule has 1 heterocycles. The lowest BCUT2D eigenvalue weighted by Gasteiger charge is -2.07. The molecule has 1 aromatic heterocycles. The second-order valence-electron chi connectivity index (χ2n) is 4.02. The Balaban J connectivity index is 2.38. The number of hydrogen-bond donors (Lipinski definition) is 0. The van der Waals surface area contributed by atoms with Gasteiger partial charge in [-0.15, -0.1) is 0 Å². The Hall–Kier alpha value is -1.61. The van der Waals surface area contributed by atoms with E-state index in [1.54, 1.807) is 38.2 Å². The van der Waals surface area contributed by atoms with Gasteiger partial charge in [0.1, 0.15) is 5.69 Å². The van der Waals surface area contributed by atoms with Gasteiger partial charge in [0.2, 0.25) is 0 Å². The first kappa shape index (κ1) is 11.9. The molecule has 0 fully saturated rings. The maximum absolute atomic E-state index is 11.7. The minimum Gasteiger partial charge on any atom is -0.458 e. The number of fused-ring (bicyclic) bond motifs is 1. The van der Waals surface area contributed by atoms with Crippen LogP contribution >= 0.6 is 11.6 Å². The van der Waals surface area contributed by atoms with Crippen LogP contribution in [0.25, 0.3) is 10.8 Å². The Kier molecular flexibility index (Phi) is 3.29. The summed E-state index contributed by atoms with van der Waals surface area (Å²) < 4.78 is 5.08. The van der Waals surface area contributed by atoms with E-state index in [0.717, 1.165) is 10.8 Å². The van der Waals surface area contributed by atoms with Crippen molar-refractivity contribution >= 4 is 28.3 Å². The van der Waals surface area contributed by atoms with Gasteiger partial charge in [0, 0.05) is 16.6 Å². The summed E-state index contributed by atoms with van der Waals surface area (Å²) >= 11 is 5.87. The van der Waals surface area contributed by atoms with Crippen LogP contribution in [0.1, 0.15) is 24.3 Å². The Morgan fingerprint density at radius 2 is 2.06 bits per heavy atom. The molecule has 4 heteroatoms. The van der Waals surface area contributed by atoms with Gasteiger partial charge in [-0.25, -0.2) is 9.78 Å². The van der Waals surface area contributed by atoms with E-state index in [4.69, 9.17) is 16.3 Å². The van der Waals surface area contributed by atoms with Crippen LogP contribution in [0.15, 0.2) is 30.5 Å². The molecule has 0 radical (unpaired) electrons. The standard InChI is InChI=1S/C13H12ClNO2/c1-8(2)17-13(16)12-6-9-3-4-11(14)5-10(9)7-15-12/h3-8H,1-2H3. The van der Waals surface area contributed by atoms with E-state index in [-0.39, 0.29) is 6.10 Å². The molecule has 1 aromatic carbocycles. The first-order chi connectivity index (χ1) is 8.06. The largest absolute Gasteiger partial charge is 0.458 e. The van der Waals surface area contributed by atoms with Gasteiger partial charge in [-0.2, -0.15) is 0 Å². The molecule has 0 bridgehead atoms. The summed E-state index contributed by atoms with van der Waals surface area (Å²) in [6.45, 7) is 3.61. The number of rotatable bonds is 2. The van der Waals surface area contributed by atoms with Gasteiger partial charge >= 0.3 is 5.97 Å². The minimum atomic E-state index is -0.406. The monoisotopic (exact) mass is 249 g/mol. The highest BCUT2D eigenvalue weighted by molar-refractivity contribution is 6.31. The van der Waals surface area contributed by atoms with Crippen molar-refractivity contribution in [2.45, 2.75) is 20.0 Å². The van der Waals surface area contributed by atoms with Gasteiger partial charge in [-0.05, 0) is 37.4 Å². The smallest absolute Gasteiger partial charge is 0.357 e. The van der Waals surface area contributed by atoms with Gasteiger partial charge in [0.15, 0.2) is 0 Å². The highest BCUT2D eigenvalue weighted by atomic mass is 35.5. The number of carbonyl (C=O) groups excluding carboxylic acids is 1. The number of pyridine rings is 1. The van der Waals surface area contributed by atoms with Crippen molar-refractivity contribution in [3.8, 4) is 0 Å². The van der Waals surface area contributed by atoms with Crippen molar-refractivity contribution < 1.29 is 9.53 Å². The fraction of sp³-hybridized carbons (Fsp3) is 0.231. The highest BCUT2D eigenvalue weighted by Crippen LogP contribution is 2.19. The summed E-state index contributed by atoms with van der Waals surface area (Å²) in [6.07, 6.45) is 1.48. The molecule has 17 heavy (non-hydrogen) atoms. The fourth-order valence-electron chi connectivity index (χ4n) is 1.50. The third-order valence-electron chi connectivity index (χ3n) is 2.24. The Morgan fingerprint density at radius 1 is 1.29 bits per heavy atom. The third kappa shape index (κ3) is 2.74. The molecule has 0 aliphatic heterocycles. The Labute approximate surface area is 104 Å². The lowest BCUT2D eigenvalue weighted by Crippen LogP contribution is -2.12. The zero-order valence-corrected chi connectivity index (χ0v) is 10.4. The van der Waals surface area contributed by atoms with Crippen LogP contribution in [-0.2, 0) is 4.74 Å². The van der Waals surface area contributed by atoms with E-state index < -0.39 is 5.97 Å². The minimum absolute atomic E-state index is 0.148. The van der Waals surface area contributed by atoms with E-state index in [0.29, 0.717) is 10.7 Å². The number of carbonyl (C=O) groups is 1. The topological polar surface area (TPSA) is 39.2 Å². The Morgan fingerprint density at radius 3 is 2.76 bits per heavy atom. The van der Waals surface area contributed by atoms with Gasteiger partial charge in [-0.3, -0.25) is 0 Å². The number of hydrogen-bond acceptors (Lipinski definition) is 3. The number of benzene rings is 1. The molecule has 0 unspecified atom stereocenters. The van der Waals surface area contributed by atoms with Crippen LogP contribution < -0.4 is 0 Å². The second-order valence-corrected chi connectivity index (χ2v) is 4.45. The Bertz CT molecular complexity index is 566. The predicted octanol–water partition coefficient (Wildman–Crippen LogP) is 3.45. The van der Waals surface area contributed by atoms with Crippen molar-refractivity contribution in [2.75, 3.05) is 0 Å². The van der Waals surface area contributed by atoms with Crippen LogP contribution in [-0.4, -0.2) is 17.1 Å². The maximum Gasteiger partial charge on any atom is 0.357 e. The molecule has 0 aliphatic rings. The molecule has 0 saturated carbocycles. The number of aromatic nitrogens is 1. The van der Waals surface area contributed by atoms with E-state index in [9.17, 15) is 4.79 Å². The molecule has 0 atom stereocenters. The van der Waals surface area contributed by atoms with Gasteiger partial charge in [-0.1, -0.05) is 17.7 Å². The second kappa shape index (κ2) is 4.72. The third-order valence-corrected chi connectivity index (χ3v) is 2.47. The molecule has 2 aromatic rings. The zero-order chi connectivity index (χ0) is 12.4. The van der Waals surface area contributed by atoms with Crippen LogP contribution in [0.5, 0.6) is 0 Å². The summed E-state index contributed by atoms with van der Waals surface area (Å²) in [5.41, 5.74) is 0.313. The molecule has 0 N–H and O–H groups in total. The van der Waals surface area contributed by atoms with E-state index >= 15 is 0 Å². The summed E-state index contributed by atoms with van der Waals surface area (Å²) in [5.74, 6) is -0.406. The molecule has 3 nitrogen and oxygen atoms in total. The number of nitrogens with zero attached hydrogens (tertiary/aromatic N) is 1. The number of ether oxygens (including phenoxy) is 1. The average Bonchev–Trinajstić information content (AvgIpc) is 2.27. The summed E-state index contributed by atoms with van der Waals surface area (Å²) in [4.78, 5) is 15.7. The van der Waals surface area contributed by atoms with Crippen molar-refractivity contribution in [2.24, 2.45) is 0 Å². The van der Waals surface area contributed by atoms with Crippen molar-refractivity contribution in [1.29, 1.82) is 0 Å². The number of halogens is 1. The molecule has 0 aliphatic carbocycles. The summed E-state index contributed by atoms with van der Waals surface area (Å²) in [6, 6.07) is 7.14.